The highest BCUT2D eigenvalue weighted by Gasteiger charge is 2.15. The molecule has 0 saturated heterocycles. The van der Waals surface area contributed by atoms with Crippen LogP contribution in [0.1, 0.15) is 5.56 Å². The van der Waals surface area contributed by atoms with Gasteiger partial charge in [0.15, 0.2) is 0 Å². The predicted molar refractivity (Wildman–Crippen MR) is 117 cm³/mol. The monoisotopic (exact) mass is 433 g/mol. The summed E-state index contributed by atoms with van der Waals surface area (Å²) in [4.78, 5) is 20.1. The topological polar surface area (TPSA) is 106 Å². The van der Waals surface area contributed by atoms with Crippen molar-refractivity contribution < 1.29 is 13.2 Å². The van der Waals surface area contributed by atoms with E-state index in [2.05, 4.69) is 20.0 Å². The number of amides is 1. The van der Waals surface area contributed by atoms with Crippen LogP contribution in [0.5, 0.6) is 0 Å². The van der Waals surface area contributed by atoms with Gasteiger partial charge in [-0.25, -0.2) is 23.1 Å². The average molecular weight is 433 g/mol. The van der Waals surface area contributed by atoms with Crippen LogP contribution in [-0.4, -0.2) is 28.9 Å². The molecule has 2 aromatic heterocycles. The molecule has 0 saturated carbocycles. The highest BCUT2D eigenvalue weighted by molar-refractivity contribution is 7.92. The van der Waals surface area contributed by atoms with E-state index in [-0.39, 0.29) is 23.2 Å². The van der Waals surface area contributed by atoms with E-state index in [0.29, 0.717) is 5.69 Å². The molecule has 4 rings (SSSR count). The van der Waals surface area contributed by atoms with E-state index in [4.69, 9.17) is 0 Å². The first-order valence-electron chi connectivity index (χ1n) is 9.42. The van der Waals surface area contributed by atoms with Gasteiger partial charge in [-0.2, -0.15) is 0 Å². The molecular weight excluding hydrogens is 414 g/mol. The first-order chi connectivity index (χ1) is 15.0. The normalized spacial score (nSPS) is 11.1. The van der Waals surface area contributed by atoms with Gasteiger partial charge in [0, 0.05) is 36.2 Å². The Morgan fingerprint density at radius 2 is 1.52 bits per heavy atom. The van der Waals surface area contributed by atoms with Gasteiger partial charge in [-0.15, -0.1) is 0 Å². The van der Waals surface area contributed by atoms with Gasteiger partial charge in [-0.1, -0.05) is 12.1 Å². The number of rotatable bonds is 7. The summed E-state index contributed by atoms with van der Waals surface area (Å²) in [5, 5.41) is 2.78. The number of aromatic nitrogens is 3. The summed E-state index contributed by atoms with van der Waals surface area (Å²) in [6.45, 7) is 0. The first-order valence-corrected chi connectivity index (χ1v) is 10.9. The maximum atomic E-state index is 12.4. The summed E-state index contributed by atoms with van der Waals surface area (Å²) in [7, 11) is -3.82. The number of hydrogen-bond donors (Lipinski definition) is 2. The van der Waals surface area contributed by atoms with Crippen LogP contribution in [0.15, 0.2) is 96.4 Å². The molecule has 156 valence electrons. The number of benzene rings is 2. The van der Waals surface area contributed by atoms with E-state index in [0.717, 1.165) is 11.3 Å². The summed E-state index contributed by atoms with van der Waals surface area (Å²) in [5.41, 5.74) is 2.39. The molecule has 2 N–H and O–H groups in total. The lowest BCUT2D eigenvalue weighted by Crippen LogP contribution is -2.16. The molecule has 1 amide bonds. The fourth-order valence-electron chi connectivity index (χ4n) is 2.93. The summed E-state index contributed by atoms with van der Waals surface area (Å²) in [6, 6.07) is 19.1. The number of carbonyl (C=O) groups excluding carboxylic acids is 1. The third kappa shape index (κ3) is 5.14. The summed E-state index contributed by atoms with van der Waals surface area (Å²) in [5.74, 6) is -0.206. The minimum Gasteiger partial charge on any atom is -0.326 e. The number of sulfonamides is 1. The number of nitrogens with one attached hydrogen (secondary N) is 2. The molecule has 4 aromatic rings. The Hall–Kier alpha value is -3.98. The van der Waals surface area contributed by atoms with Crippen LogP contribution in [-0.2, 0) is 21.2 Å². The van der Waals surface area contributed by atoms with Gasteiger partial charge in [-0.05, 0) is 60.2 Å². The lowest BCUT2D eigenvalue weighted by molar-refractivity contribution is -0.115. The number of nitrogens with zero attached hydrogens (tertiary/aromatic N) is 3. The van der Waals surface area contributed by atoms with Crippen molar-refractivity contribution in [3.8, 4) is 5.69 Å². The molecule has 8 nitrogen and oxygen atoms in total. The molecular formula is C22H19N5O3S. The second-order valence-corrected chi connectivity index (χ2v) is 8.37. The van der Waals surface area contributed by atoms with E-state index in [1.54, 1.807) is 6.07 Å². The summed E-state index contributed by atoms with van der Waals surface area (Å²) < 4.78 is 29.1. The number of carbonyl (C=O) groups is 1. The Balaban J connectivity index is 1.37. The molecule has 0 spiro atoms. The Morgan fingerprint density at radius 3 is 2.16 bits per heavy atom. The van der Waals surface area contributed by atoms with Crippen molar-refractivity contribution in [1.29, 1.82) is 0 Å². The quantitative estimate of drug-likeness (QED) is 0.465. The van der Waals surface area contributed by atoms with Crippen LogP contribution < -0.4 is 10.0 Å². The van der Waals surface area contributed by atoms with Crippen LogP contribution in [0, 0.1) is 0 Å². The first kappa shape index (κ1) is 20.3. The van der Waals surface area contributed by atoms with Crippen molar-refractivity contribution in [2.45, 2.75) is 11.3 Å². The lowest BCUT2D eigenvalue weighted by Gasteiger charge is -2.09. The SMILES string of the molecule is O=C(Cc1ccc(-n2cccc2)cc1)Nc1ccc(S(=O)(=O)Nc2ncccn2)cc1. The van der Waals surface area contributed by atoms with Crippen molar-refractivity contribution in [2.24, 2.45) is 0 Å². The van der Waals surface area contributed by atoms with Gasteiger partial charge >= 0.3 is 0 Å². The number of hydrogen-bond acceptors (Lipinski definition) is 5. The number of anilines is 2. The molecule has 0 unspecified atom stereocenters. The van der Waals surface area contributed by atoms with E-state index in [1.165, 1.54) is 36.7 Å². The zero-order chi connectivity index (χ0) is 21.7. The van der Waals surface area contributed by atoms with Crippen molar-refractivity contribution in [3.63, 3.8) is 0 Å². The maximum Gasteiger partial charge on any atom is 0.264 e. The fraction of sp³-hybridized carbons (Fsp3) is 0.0455. The molecule has 0 aliphatic heterocycles. The fourth-order valence-corrected chi connectivity index (χ4v) is 3.89. The molecule has 0 atom stereocenters. The summed E-state index contributed by atoms with van der Waals surface area (Å²) in [6.07, 6.45) is 7.00. The molecule has 2 aromatic carbocycles. The highest BCUT2D eigenvalue weighted by atomic mass is 32.2. The van der Waals surface area contributed by atoms with Gasteiger partial charge in [0.25, 0.3) is 10.0 Å². The van der Waals surface area contributed by atoms with Gasteiger partial charge in [0.05, 0.1) is 11.3 Å². The van der Waals surface area contributed by atoms with Crippen molar-refractivity contribution in [2.75, 3.05) is 10.0 Å². The Labute approximate surface area is 179 Å². The maximum absolute atomic E-state index is 12.4. The largest absolute Gasteiger partial charge is 0.326 e. The Bertz CT molecular complexity index is 1260. The molecule has 31 heavy (non-hydrogen) atoms. The van der Waals surface area contributed by atoms with Gasteiger partial charge in [0.1, 0.15) is 0 Å². The summed E-state index contributed by atoms with van der Waals surface area (Å²) >= 11 is 0. The van der Waals surface area contributed by atoms with Gasteiger partial charge in [0.2, 0.25) is 11.9 Å². The van der Waals surface area contributed by atoms with Crippen molar-refractivity contribution in [1.82, 2.24) is 14.5 Å². The van der Waals surface area contributed by atoms with E-state index < -0.39 is 10.0 Å². The predicted octanol–water partition coefficient (Wildman–Crippen LogP) is 3.25. The third-order valence-electron chi connectivity index (χ3n) is 4.44. The van der Waals surface area contributed by atoms with E-state index in [9.17, 15) is 13.2 Å². The van der Waals surface area contributed by atoms with E-state index >= 15 is 0 Å². The van der Waals surface area contributed by atoms with Crippen molar-refractivity contribution >= 4 is 27.6 Å². The minimum absolute atomic E-state index is 0.0114. The second-order valence-electron chi connectivity index (χ2n) is 6.68. The molecule has 0 bridgehead atoms. The van der Waals surface area contributed by atoms with Crippen LogP contribution in [0.3, 0.4) is 0 Å². The third-order valence-corrected chi connectivity index (χ3v) is 5.79. The highest BCUT2D eigenvalue weighted by Crippen LogP contribution is 2.17. The second kappa shape index (κ2) is 8.80. The molecule has 0 radical (unpaired) electrons. The zero-order valence-electron chi connectivity index (χ0n) is 16.3. The molecule has 0 fully saturated rings. The van der Waals surface area contributed by atoms with Gasteiger partial charge < -0.3 is 9.88 Å². The zero-order valence-corrected chi connectivity index (χ0v) is 17.2. The van der Waals surface area contributed by atoms with Crippen LogP contribution in [0.2, 0.25) is 0 Å². The molecule has 0 aliphatic carbocycles. The van der Waals surface area contributed by atoms with E-state index in [1.807, 2.05) is 53.4 Å². The lowest BCUT2D eigenvalue weighted by atomic mass is 10.1. The smallest absolute Gasteiger partial charge is 0.264 e. The molecule has 9 heteroatoms. The van der Waals surface area contributed by atoms with Crippen LogP contribution >= 0.6 is 0 Å². The standard InChI is InChI=1S/C22H19N5O3S/c28-21(16-17-4-8-19(9-5-17)27-14-1-2-15-27)25-18-6-10-20(11-7-18)31(29,30)26-22-23-12-3-13-24-22/h1-15H,16H2,(H,25,28)(H,23,24,26). The van der Waals surface area contributed by atoms with Crippen LogP contribution in [0.25, 0.3) is 5.69 Å². The molecule has 2 heterocycles. The van der Waals surface area contributed by atoms with Crippen LogP contribution in [0.4, 0.5) is 11.6 Å². The van der Waals surface area contributed by atoms with Crippen molar-refractivity contribution in [3.05, 3.63) is 97.1 Å². The Morgan fingerprint density at radius 1 is 0.871 bits per heavy atom. The average Bonchev–Trinajstić information content (AvgIpc) is 3.30. The Kier molecular flexibility index (Phi) is 5.76. The minimum atomic E-state index is -3.82. The molecule has 0 aliphatic rings. The van der Waals surface area contributed by atoms with Gasteiger partial charge in [-0.3, -0.25) is 4.79 Å².